The summed E-state index contributed by atoms with van der Waals surface area (Å²) in [7, 11) is 0. The lowest BCUT2D eigenvalue weighted by Crippen LogP contribution is -2.58. The summed E-state index contributed by atoms with van der Waals surface area (Å²) < 4.78 is 0. The minimum absolute atomic E-state index is 0.103. The van der Waals surface area contributed by atoms with E-state index in [1.807, 2.05) is 5.32 Å². The van der Waals surface area contributed by atoms with Crippen molar-refractivity contribution in [2.24, 2.45) is 27.9 Å². The Morgan fingerprint density at radius 1 is 0.800 bits per heavy atom. The van der Waals surface area contributed by atoms with E-state index in [4.69, 9.17) is 38.3 Å². The van der Waals surface area contributed by atoms with Crippen LogP contribution in [0.15, 0.2) is 4.99 Å². The number of carbonyl (C=O) groups excluding carboxylic acids is 4. The van der Waals surface area contributed by atoms with E-state index < -0.39 is 79.2 Å². The molecule has 14 N–H and O–H groups in total. The van der Waals surface area contributed by atoms with Gasteiger partial charge in [-0.2, -0.15) is 0 Å². The molecule has 35 heavy (non-hydrogen) atoms. The van der Waals surface area contributed by atoms with Gasteiger partial charge in [0.05, 0.1) is 19.1 Å². The SMILES string of the molecule is NC(=O)CC[C@H](NC(=O)[C@H](CC(=O)O)NC(=O)[C@@H](N)CCCN=C(N)N)C(=O)N[C@@H](CO)C(=O)O. The van der Waals surface area contributed by atoms with Crippen LogP contribution in [0.3, 0.4) is 0 Å². The van der Waals surface area contributed by atoms with Crippen molar-refractivity contribution in [3.8, 4) is 0 Å². The summed E-state index contributed by atoms with van der Waals surface area (Å²) in [6.07, 6.45) is -1.23. The molecule has 0 fully saturated rings. The van der Waals surface area contributed by atoms with Crippen LogP contribution in [0.1, 0.15) is 32.1 Å². The summed E-state index contributed by atoms with van der Waals surface area (Å²) in [5.74, 6) is -7.07. The number of carboxylic acids is 2. The number of hydrogen-bond donors (Lipinski definition) is 10. The highest BCUT2D eigenvalue weighted by Crippen LogP contribution is 2.03. The third kappa shape index (κ3) is 13.3. The highest BCUT2D eigenvalue weighted by molar-refractivity contribution is 5.95. The summed E-state index contributed by atoms with van der Waals surface area (Å²) in [6.45, 7) is -0.777. The summed E-state index contributed by atoms with van der Waals surface area (Å²) in [5, 5.41) is 33.4. The van der Waals surface area contributed by atoms with Crippen molar-refractivity contribution in [2.45, 2.75) is 56.3 Å². The molecule has 0 heterocycles. The minimum atomic E-state index is -1.71. The van der Waals surface area contributed by atoms with E-state index >= 15 is 0 Å². The number of nitrogens with zero attached hydrogens (tertiary/aromatic N) is 1. The van der Waals surface area contributed by atoms with Crippen LogP contribution in [0, 0.1) is 0 Å². The molecule has 17 nitrogen and oxygen atoms in total. The normalized spacial score (nSPS) is 13.9. The summed E-state index contributed by atoms with van der Waals surface area (Å²) in [4.78, 5) is 74.5. The number of hydrogen-bond acceptors (Lipinski definition) is 9. The third-order valence-electron chi connectivity index (χ3n) is 4.43. The van der Waals surface area contributed by atoms with Gasteiger partial charge in [-0.25, -0.2) is 4.79 Å². The lowest BCUT2D eigenvalue weighted by molar-refractivity contribution is -0.144. The fourth-order valence-electron chi connectivity index (χ4n) is 2.60. The van der Waals surface area contributed by atoms with Gasteiger partial charge in [-0.3, -0.25) is 29.0 Å². The molecule has 0 aromatic heterocycles. The van der Waals surface area contributed by atoms with E-state index in [1.165, 1.54) is 0 Å². The van der Waals surface area contributed by atoms with Gasteiger partial charge in [-0.15, -0.1) is 0 Å². The molecule has 0 saturated carbocycles. The minimum Gasteiger partial charge on any atom is -0.481 e. The first-order chi connectivity index (χ1) is 16.3. The average Bonchev–Trinajstić information content (AvgIpc) is 2.75. The Hall–Kier alpha value is -3.99. The predicted octanol–water partition coefficient (Wildman–Crippen LogP) is -5.36. The Labute approximate surface area is 199 Å². The highest BCUT2D eigenvalue weighted by atomic mass is 16.4. The van der Waals surface area contributed by atoms with Crippen molar-refractivity contribution in [3.63, 3.8) is 0 Å². The van der Waals surface area contributed by atoms with Gasteiger partial charge in [0.1, 0.15) is 18.1 Å². The summed E-state index contributed by atoms with van der Waals surface area (Å²) in [6, 6.07) is -6.05. The molecule has 17 heteroatoms. The topological polar surface area (TPSA) is 316 Å². The first kappa shape index (κ1) is 31.0. The van der Waals surface area contributed by atoms with Crippen LogP contribution in [0.25, 0.3) is 0 Å². The Kier molecular flexibility index (Phi) is 14.0. The molecule has 198 valence electrons. The van der Waals surface area contributed by atoms with Gasteiger partial charge in [-0.05, 0) is 19.3 Å². The highest BCUT2D eigenvalue weighted by Gasteiger charge is 2.31. The van der Waals surface area contributed by atoms with E-state index in [0.717, 1.165) is 0 Å². The van der Waals surface area contributed by atoms with Gasteiger partial charge < -0.3 is 54.2 Å². The molecule has 0 unspecified atom stereocenters. The number of aliphatic carboxylic acids is 2. The van der Waals surface area contributed by atoms with Crippen LogP contribution in [0.2, 0.25) is 0 Å². The number of carbonyl (C=O) groups is 6. The molecule has 4 atom stereocenters. The second kappa shape index (κ2) is 15.8. The Morgan fingerprint density at radius 3 is 1.83 bits per heavy atom. The van der Waals surface area contributed by atoms with Crippen LogP contribution in [-0.2, 0) is 28.8 Å². The van der Waals surface area contributed by atoms with Gasteiger partial charge in [-0.1, -0.05) is 0 Å². The molecule has 0 spiro atoms. The number of aliphatic hydroxyl groups is 1. The first-order valence-corrected chi connectivity index (χ1v) is 10.3. The number of aliphatic imine (C=N–C) groups is 1. The number of rotatable bonds is 17. The number of aliphatic hydroxyl groups excluding tert-OH is 1. The summed E-state index contributed by atoms with van der Waals surface area (Å²) in [5.41, 5.74) is 21.2. The smallest absolute Gasteiger partial charge is 0.328 e. The van der Waals surface area contributed by atoms with E-state index in [0.29, 0.717) is 6.42 Å². The monoisotopic (exact) mass is 504 g/mol. The zero-order valence-electron chi connectivity index (χ0n) is 18.8. The van der Waals surface area contributed by atoms with E-state index in [2.05, 4.69) is 15.6 Å². The van der Waals surface area contributed by atoms with Crippen LogP contribution >= 0.6 is 0 Å². The molecule has 0 aliphatic rings. The van der Waals surface area contributed by atoms with E-state index in [9.17, 15) is 28.8 Å². The fraction of sp³-hybridized carbons (Fsp3) is 0.611. The molecule has 0 rings (SSSR count). The maximum absolute atomic E-state index is 12.7. The number of nitrogens with two attached hydrogens (primary N) is 4. The van der Waals surface area contributed by atoms with E-state index in [1.54, 1.807) is 0 Å². The fourth-order valence-corrected chi connectivity index (χ4v) is 2.60. The van der Waals surface area contributed by atoms with Crippen molar-refractivity contribution >= 4 is 41.5 Å². The van der Waals surface area contributed by atoms with Crippen molar-refractivity contribution in [2.75, 3.05) is 13.2 Å². The largest absolute Gasteiger partial charge is 0.481 e. The van der Waals surface area contributed by atoms with Crippen molar-refractivity contribution in [1.29, 1.82) is 0 Å². The van der Waals surface area contributed by atoms with Gasteiger partial charge in [0.15, 0.2) is 5.96 Å². The molecule has 0 bridgehead atoms. The second-order valence-electron chi connectivity index (χ2n) is 7.36. The average molecular weight is 505 g/mol. The Bertz CT molecular complexity index is 816. The second-order valence-corrected chi connectivity index (χ2v) is 7.36. The molecular weight excluding hydrogens is 472 g/mol. The maximum Gasteiger partial charge on any atom is 0.328 e. The van der Waals surface area contributed by atoms with Crippen molar-refractivity contribution < 1.29 is 44.1 Å². The zero-order chi connectivity index (χ0) is 27.1. The molecule has 0 aliphatic carbocycles. The molecule has 0 saturated heterocycles. The Balaban J connectivity index is 5.40. The van der Waals surface area contributed by atoms with E-state index in [-0.39, 0.29) is 25.3 Å². The van der Waals surface area contributed by atoms with Crippen LogP contribution in [0.5, 0.6) is 0 Å². The number of carboxylic acid groups (broad SMARTS) is 2. The molecule has 4 amide bonds. The first-order valence-electron chi connectivity index (χ1n) is 10.3. The van der Waals surface area contributed by atoms with Crippen LogP contribution in [-0.4, -0.2) is 94.2 Å². The van der Waals surface area contributed by atoms with Crippen molar-refractivity contribution in [3.05, 3.63) is 0 Å². The third-order valence-corrected chi connectivity index (χ3v) is 4.43. The lowest BCUT2D eigenvalue weighted by atomic mass is 10.1. The molecule has 0 aromatic rings. The summed E-state index contributed by atoms with van der Waals surface area (Å²) >= 11 is 0. The number of nitrogens with one attached hydrogen (secondary N) is 3. The zero-order valence-corrected chi connectivity index (χ0v) is 18.8. The van der Waals surface area contributed by atoms with Gasteiger partial charge >= 0.3 is 11.9 Å². The molecular formula is C18H32N8O9. The maximum atomic E-state index is 12.7. The Morgan fingerprint density at radius 2 is 1.34 bits per heavy atom. The molecule has 0 aliphatic heterocycles. The number of primary amides is 1. The van der Waals surface area contributed by atoms with Crippen molar-refractivity contribution in [1.82, 2.24) is 16.0 Å². The molecule has 0 aromatic carbocycles. The quantitative estimate of drug-likeness (QED) is 0.0504. The van der Waals surface area contributed by atoms with Crippen LogP contribution < -0.4 is 38.9 Å². The predicted molar refractivity (Wildman–Crippen MR) is 119 cm³/mol. The molecule has 0 radical (unpaired) electrons. The van der Waals surface area contributed by atoms with Gasteiger partial charge in [0.2, 0.25) is 23.6 Å². The number of amides is 4. The van der Waals surface area contributed by atoms with Gasteiger partial charge in [0.25, 0.3) is 0 Å². The van der Waals surface area contributed by atoms with Crippen LogP contribution in [0.4, 0.5) is 0 Å². The lowest BCUT2D eigenvalue weighted by Gasteiger charge is -2.24. The van der Waals surface area contributed by atoms with Gasteiger partial charge in [0, 0.05) is 13.0 Å². The number of guanidine groups is 1. The standard InChI is InChI=1S/C18H32N8O9/c19-8(2-1-5-23-18(21)22)14(31)25-10(6-13(29)30)16(33)24-9(3-4-12(20)28)15(32)26-11(7-27)17(34)35/h8-11,27H,1-7,19H2,(H2,20,28)(H,24,33)(H,25,31)(H,26,32)(H,29,30)(H,34,35)(H4,21,22,23)/t8-,9-,10-,11-/m0/s1.